The molecule has 0 aliphatic carbocycles. The molecule has 2 aromatic rings. The SMILES string of the molecule is CC1CN(c2ccc(CNC(=O)C3(c4ccccc4)CCOCC3)cc2F)CC(C)O1. The lowest BCUT2D eigenvalue weighted by molar-refractivity contribution is -0.130. The third-order valence-electron chi connectivity index (χ3n) is 6.33. The van der Waals surface area contributed by atoms with Crippen molar-refractivity contribution < 1.29 is 18.7 Å². The molecule has 0 saturated carbocycles. The van der Waals surface area contributed by atoms with E-state index in [-0.39, 0.29) is 23.9 Å². The maximum atomic E-state index is 14.9. The second-order valence-corrected chi connectivity index (χ2v) is 8.69. The third-order valence-corrected chi connectivity index (χ3v) is 6.33. The molecule has 2 heterocycles. The van der Waals surface area contributed by atoms with Crippen LogP contribution in [0, 0.1) is 5.82 Å². The summed E-state index contributed by atoms with van der Waals surface area (Å²) in [5.41, 5.74) is 1.74. The predicted molar refractivity (Wildman–Crippen MR) is 119 cm³/mol. The Bertz CT molecular complexity index is 889. The Balaban J connectivity index is 1.46. The van der Waals surface area contributed by atoms with Gasteiger partial charge in [-0.3, -0.25) is 4.79 Å². The minimum absolute atomic E-state index is 0.0256. The third kappa shape index (κ3) is 4.75. The molecule has 2 aliphatic rings. The Morgan fingerprint density at radius 2 is 1.77 bits per heavy atom. The second-order valence-electron chi connectivity index (χ2n) is 8.69. The number of hydrogen-bond donors (Lipinski definition) is 1. The van der Waals surface area contributed by atoms with Crippen LogP contribution in [0.1, 0.15) is 37.8 Å². The molecule has 2 fully saturated rings. The van der Waals surface area contributed by atoms with Crippen molar-refractivity contribution in [3.05, 3.63) is 65.5 Å². The molecule has 1 N–H and O–H groups in total. The Morgan fingerprint density at radius 1 is 1.10 bits per heavy atom. The van der Waals surface area contributed by atoms with Gasteiger partial charge in [-0.25, -0.2) is 4.39 Å². The summed E-state index contributed by atoms with van der Waals surface area (Å²) >= 11 is 0. The standard InChI is InChI=1S/C25H31FN2O3/c1-18-16-28(17-19(2)31-18)23-9-8-20(14-22(23)26)15-27-24(29)25(10-12-30-13-11-25)21-6-4-3-5-7-21/h3-9,14,18-19H,10-13,15-17H2,1-2H3,(H,27,29). The van der Waals surface area contributed by atoms with E-state index in [0.717, 1.165) is 11.1 Å². The van der Waals surface area contributed by atoms with E-state index in [2.05, 4.69) is 5.32 Å². The van der Waals surface area contributed by atoms with Gasteiger partial charge >= 0.3 is 0 Å². The molecule has 1 amide bonds. The minimum atomic E-state index is -0.599. The number of ether oxygens (including phenoxy) is 2. The number of carbonyl (C=O) groups excluding carboxylic acids is 1. The molecule has 0 aromatic heterocycles. The highest BCUT2D eigenvalue weighted by Gasteiger charge is 2.41. The van der Waals surface area contributed by atoms with E-state index in [0.29, 0.717) is 51.4 Å². The van der Waals surface area contributed by atoms with Crippen molar-refractivity contribution in [2.45, 2.75) is 50.9 Å². The first-order valence-electron chi connectivity index (χ1n) is 11.1. The first-order chi connectivity index (χ1) is 15.0. The molecule has 0 spiro atoms. The van der Waals surface area contributed by atoms with Crippen LogP contribution in [0.3, 0.4) is 0 Å². The van der Waals surface area contributed by atoms with E-state index in [9.17, 15) is 9.18 Å². The number of morpholine rings is 1. The van der Waals surface area contributed by atoms with Crippen LogP contribution in [-0.2, 0) is 26.2 Å². The van der Waals surface area contributed by atoms with Gasteiger partial charge < -0.3 is 19.7 Å². The fourth-order valence-electron chi connectivity index (χ4n) is 4.77. The highest BCUT2D eigenvalue weighted by Crippen LogP contribution is 2.35. The van der Waals surface area contributed by atoms with E-state index >= 15 is 0 Å². The highest BCUT2D eigenvalue weighted by molar-refractivity contribution is 5.88. The molecule has 2 saturated heterocycles. The lowest BCUT2D eigenvalue weighted by atomic mass is 9.73. The number of amides is 1. The zero-order chi connectivity index (χ0) is 21.8. The summed E-state index contributed by atoms with van der Waals surface area (Å²) < 4.78 is 26.2. The Labute approximate surface area is 183 Å². The van der Waals surface area contributed by atoms with Crippen molar-refractivity contribution in [2.24, 2.45) is 0 Å². The van der Waals surface area contributed by atoms with Crippen molar-refractivity contribution in [2.75, 3.05) is 31.2 Å². The molecule has 4 rings (SSSR count). The molecule has 31 heavy (non-hydrogen) atoms. The summed E-state index contributed by atoms with van der Waals surface area (Å²) in [5, 5.41) is 3.05. The van der Waals surface area contributed by atoms with Gasteiger partial charge in [0.05, 0.1) is 23.3 Å². The molecule has 2 unspecified atom stereocenters. The molecule has 5 nitrogen and oxygen atoms in total. The van der Waals surface area contributed by atoms with Gasteiger partial charge in [-0.15, -0.1) is 0 Å². The molecular weight excluding hydrogens is 395 g/mol. The van der Waals surface area contributed by atoms with Crippen molar-refractivity contribution in [1.29, 1.82) is 0 Å². The van der Waals surface area contributed by atoms with Gasteiger partial charge in [-0.2, -0.15) is 0 Å². The Hall–Kier alpha value is -2.44. The highest BCUT2D eigenvalue weighted by atomic mass is 19.1. The summed E-state index contributed by atoms with van der Waals surface area (Å²) in [6.45, 7) is 6.75. The quantitative estimate of drug-likeness (QED) is 0.790. The number of nitrogens with one attached hydrogen (secondary N) is 1. The van der Waals surface area contributed by atoms with Gasteiger partial charge in [-0.1, -0.05) is 36.4 Å². The van der Waals surface area contributed by atoms with Crippen LogP contribution in [0.15, 0.2) is 48.5 Å². The molecule has 6 heteroatoms. The monoisotopic (exact) mass is 426 g/mol. The summed E-state index contributed by atoms with van der Waals surface area (Å²) in [7, 11) is 0. The normalized spacial score (nSPS) is 23.4. The van der Waals surface area contributed by atoms with Crippen molar-refractivity contribution in [3.63, 3.8) is 0 Å². The lowest BCUT2D eigenvalue weighted by Crippen LogP contribution is -2.47. The average Bonchev–Trinajstić information content (AvgIpc) is 2.78. The molecule has 2 atom stereocenters. The average molecular weight is 427 g/mol. The number of hydrogen-bond acceptors (Lipinski definition) is 4. The van der Waals surface area contributed by atoms with Crippen molar-refractivity contribution in [3.8, 4) is 0 Å². The first-order valence-corrected chi connectivity index (χ1v) is 11.1. The van der Waals surface area contributed by atoms with Gasteiger partial charge in [-0.05, 0) is 49.9 Å². The topological polar surface area (TPSA) is 50.8 Å². The van der Waals surface area contributed by atoms with E-state index < -0.39 is 5.41 Å². The largest absolute Gasteiger partial charge is 0.381 e. The van der Waals surface area contributed by atoms with Crippen molar-refractivity contribution >= 4 is 11.6 Å². The maximum Gasteiger partial charge on any atom is 0.231 e. The van der Waals surface area contributed by atoms with Gasteiger partial charge in [0.15, 0.2) is 0 Å². The fourth-order valence-corrected chi connectivity index (χ4v) is 4.77. The van der Waals surface area contributed by atoms with E-state index in [4.69, 9.17) is 9.47 Å². The summed E-state index contributed by atoms with van der Waals surface area (Å²) in [6.07, 6.45) is 1.42. The summed E-state index contributed by atoms with van der Waals surface area (Å²) in [4.78, 5) is 15.3. The van der Waals surface area contributed by atoms with Gasteiger partial charge in [0.1, 0.15) is 5.82 Å². The van der Waals surface area contributed by atoms with Crippen LogP contribution in [-0.4, -0.2) is 44.4 Å². The number of benzene rings is 2. The van der Waals surface area contributed by atoms with Crippen LogP contribution in [0.5, 0.6) is 0 Å². The summed E-state index contributed by atoms with van der Waals surface area (Å²) in [6, 6.07) is 15.1. The summed E-state index contributed by atoms with van der Waals surface area (Å²) in [5.74, 6) is -0.292. The van der Waals surface area contributed by atoms with Crippen LogP contribution in [0.25, 0.3) is 0 Å². The predicted octanol–water partition coefficient (Wildman–Crippen LogP) is 3.80. The molecular formula is C25H31FN2O3. The van der Waals surface area contributed by atoms with E-state index in [1.165, 1.54) is 6.07 Å². The fraction of sp³-hybridized carbons (Fsp3) is 0.480. The number of anilines is 1. The van der Waals surface area contributed by atoms with E-state index in [1.54, 1.807) is 0 Å². The molecule has 2 aliphatic heterocycles. The minimum Gasteiger partial charge on any atom is -0.381 e. The van der Waals surface area contributed by atoms with E-state index in [1.807, 2.05) is 61.2 Å². The number of rotatable bonds is 5. The number of halogens is 1. The molecule has 0 radical (unpaired) electrons. The van der Waals surface area contributed by atoms with Crippen LogP contribution in [0.2, 0.25) is 0 Å². The maximum absolute atomic E-state index is 14.9. The van der Waals surface area contributed by atoms with Crippen molar-refractivity contribution in [1.82, 2.24) is 5.32 Å². The van der Waals surface area contributed by atoms with Gasteiger partial charge in [0.2, 0.25) is 5.91 Å². The van der Waals surface area contributed by atoms with Gasteiger partial charge in [0.25, 0.3) is 0 Å². The lowest BCUT2D eigenvalue weighted by Gasteiger charge is -2.37. The van der Waals surface area contributed by atoms with Crippen LogP contribution in [0.4, 0.5) is 10.1 Å². The van der Waals surface area contributed by atoms with Crippen LogP contribution >= 0.6 is 0 Å². The Morgan fingerprint density at radius 3 is 2.42 bits per heavy atom. The zero-order valence-corrected chi connectivity index (χ0v) is 18.3. The number of carbonyl (C=O) groups is 1. The molecule has 166 valence electrons. The molecule has 2 aromatic carbocycles. The zero-order valence-electron chi connectivity index (χ0n) is 18.3. The van der Waals surface area contributed by atoms with Crippen LogP contribution < -0.4 is 10.2 Å². The Kier molecular flexibility index (Phi) is 6.58. The smallest absolute Gasteiger partial charge is 0.231 e. The number of nitrogens with zero attached hydrogens (tertiary/aromatic N) is 1. The molecule has 0 bridgehead atoms. The second kappa shape index (κ2) is 9.37. The first kappa shape index (κ1) is 21.8. The van der Waals surface area contributed by atoms with Gasteiger partial charge in [0, 0.05) is 32.8 Å².